The zero-order valence-electron chi connectivity index (χ0n) is 12.2. The minimum absolute atomic E-state index is 0.280. The molecule has 3 aromatic rings. The van der Waals surface area contributed by atoms with E-state index in [9.17, 15) is 4.39 Å². The van der Waals surface area contributed by atoms with Crippen LogP contribution in [-0.4, -0.2) is 16.9 Å². The van der Waals surface area contributed by atoms with E-state index in [2.05, 4.69) is 5.10 Å². The molecule has 4 nitrogen and oxygen atoms in total. The molecule has 0 saturated heterocycles. The number of nitrogens with zero attached hydrogens (tertiary/aromatic N) is 2. The van der Waals surface area contributed by atoms with Gasteiger partial charge in [-0.15, -0.1) is 0 Å². The summed E-state index contributed by atoms with van der Waals surface area (Å²) in [7, 11) is 1.64. The SMILES string of the molecule is COc1ccccc1Cc1cn(-c2ccc(F)cc2)nc1N. The van der Waals surface area contributed by atoms with Crippen molar-refractivity contribution in [2.75, 3.05) is 12.8 Å². The van der Waals surface area contributed by atoms with Crippen molar-refractivity contribution in [3.8, 4) is 11.4 Å². The Morgan fingerprint density at radius 2 is 1.82 bits per heavy atom. The van der Waals surface area contributed by atoms with Gasteiger partial charge in [0.2, 0.25) is 0 Å². The standard InChI is InChI=1S/C17H16FN3O/c1-22-16-5-3-2-4-12(16)10-13-11-21(20-17(13)19)15-8-6-14(18)7-9-15/h2-9,11H,10H2,1H3,(H2,19,20). The Hall–Kier alpha value is -2.82. The Kier molecular flexibility index (Phi) is 3.78. The molecule has 0 saturated carbocycles. The number of nitrogens with two attached hydrogens (primary N) is 1. The molecular weight excluding hydrogens is 281 g/mol. The number of nitrogen functional groups attached to an aromatic ring is 1. The maximum absolute atomic E-state index is 13.0. The molecule has 0 aliphatic carbocycles. The predicted octanol–water partition coefficient (Wildman–Crippen LogP) is 3.19. The predicted molar refractivity (Wildman–Crippen MR) is 83.7 cm³/mol. The quantitative estimate of drug-likeness (QED) is 0.804. The van der Waals surface area contributed by atoms with Crippen LogP contribution in [0.4, 0.5) is 10.2 Å². The average molecular weight is 297 g/mol. The summed E-state index contributed by atoms with van der Waals surface area (Å²) in [6, 6.07) is 13.9. The first kappa shape index (κ1) is 14.1. The van der Waals surface area contributed by atoms with E-state index in [0.717, 1.165) is 22.6 Å². The molecule has 2 N–H and O–H groups in total. The van der Waals surface area contributed by atoms with Crippen molar-refractivity contribution in [1.82, 2.24) is 9.78 Å². The molecule has 0 aliphatic rings. The average Bonchev–Trinajstić information content (AvgIpc) is 2.89. The molecule has 0 unspecified atom stereocenters. The number of hydrogen-bond donors (Lipinski definition) is 1. The third-order valence-corrected chi connectivity index (χ3v) is 3.49. The normalized spacial score (nSPS) is 10.6. The summed E-state index contributed by atoms with van der Waals surface area (Å²) >= 11 is 0. The van der Waals surface area contributed by atoms with Crippen LogP contribution in [0, 0.1) is 5.82 Å². The second kappa shape index (κ2) is 5.89. The van der Waals surface area contributed by atoms with Crippen molar-refractivity contribution < 1.29 is 9.13 Å². The number of methoxy groups -OCH3 is 1. The van der Waals surface area contributed by atoms with Gasteiger partial charge in [0.25, 0.3) is 0 Å². The summed E-state index contributed by atoms with van der Waals surface area (Å²) in [4.78, 5) is 0. The van der Waals surface area contributed by atoms with Crippen LogP contribution in [0.2, 0.25) is 0 Å². The Morgan fingerprint density at radius 1 is 1.09 bits per heavy atom. The van der Waals surface area contributed by atoms with E-state index in [-0.39, 0.29) is 5.82 Å². The van der Waals surface area contributed by atoms with E-state index in [1.807, 2.05) is 30.5 Å². The van der Waals surface area contributed by atoms with Crippen LogP contribution in [0.5, 0.6) is 5.75 Å². The molecule has 3 rings (SSSR count). The lowest BCUT2D eigenvalue weighted by Gasteiger charge is -2.06. The minimum Gasteiger partial charge on any atom is -0.496 e. The van der Waals surface area contributed by atoms with Crippen molar-refractivity contribution in [1.29, 1.82) is 0 Å². The Bertz CT molecular complexity index is 781. The summed E-state index contributed by atoms with van der Waals surface area (Å²) in [5.74, 6) is 0.991. The van der Waals surface area contributed by atoms with Gasteiger partial charge in [-0.3, -0.25) is 0 Å². The van der Waals surface area contributed by atoms with Crippen LogP contribution >= 0.6 is 0 Å². The number of aromatic nitrogens is 2. The van der Waals surface area contributed by atoms with Gasteiger partial charge in [-0.25, -0.2) is 9.07 Å². The molecule has 2 aromatic carbocycles. The van der Waals surface area contributed by atoms with E-state index in [0.29, 0.717) is 12.2 Å². The summed E-state index contributed by atoms with van der Waals surface area (Å²) < 4.78 is 20.0. The minimum atomic E-state index is -0.280. The van der Waals surface area contributed by atoms with Crippen LogP contribution in [0.15, 0.2) is 54.7 Å². The molecule has 0 bridgehead atoms. The lowest BCUT2D eigenvalue weighted by molar-refractivity contribution is 0.410. The number of rotatable bonds is 4. The van der Waals surface area contributed by atoms with E-state index >= 15 is 0 Å². The fourth-order valence-corrected chi connectivity index (χ4v) is 2.34. The molecule has 112 valence electrons. The number of halogens is 1. The van der Waals surface area contributed by atoms with Crippen LogP contribution in [0.1, 0.15) is 11.1 Å². The zero-order chi connectivity index (χ0) is 15.5. The lowest BCUT2D eigenvalue weighted by Crippen LogP contribution is -1.96. The fourth-order valence-electron chi connectivity index (χ4n) is 2.34. The smallest absolute Gasteiger partial charge is 0.149 e. The van der Waals surface area contributed by atoms with Gasteiger partial charge >= 0.3 is 0 Å². The highest BCUT2D eigenvalue weighted by atomic mass is 19.1. The second-order valence-corrected chi connectivity index (χ2v) is 4.95. The number of hydrogen-bond acceptors (Lipinski definition) is 3. The number of ether oxygens (including phenoxy) is 1. The third kappa shape index (κ3) is 2.79. The van der Waals surface area contributed by atoms with Crippen molar-refractivity contribution in [3.63, 3.8) is 0 Å². The Labute approximate surface area is 128 Å². The van der Waals surface area contributed by atoms with Gasteiger partial charge in [0, 0.05) is 18.2 Å². The van der Waals surface area contributed by atoms with Crippen molar-refractivity contribution in [2.24, 2.45) is 0 Å². The van der Waals surface area contributed by atoms with E-state index in [1.54, 1.807) is 23.9 Å². The van der Waals surface area contributed by atoms with Crippen LogP contribution in [-0.2, 0) is 6.42 Å². The molecular formula is C17H16FN3O. The van der Waals surface area contributed by atoms with Gasteiger partial charge < -0.3 is 10.5 Å². The highest BCUT2D eigenvalue weighted by Crippen LogP contribution is 2.24. The molecule has 1 heterocycles. The monoisotopic (exact) mass is 297 g/mol. The first-order valence-electron chi connectivity index (χ1n) is 6.89. The first-order valence-corrected chi connectivity index (χ1v) is 6.89. The van der Waals surface area contributed by atoms with Gasteiger partial charge in [-0.05, 0) is 35.9 Å². The van der Waals surface area contributed by atoms with Gasteiger partial charge in [-0.1, -0.05) is 18.2 Å². The van der Waals surface area contributed by atoms with Gasteiger partial charge in [0.15, 0.2) is 0 Å². The van der Waals surface area contributed by atoms with Gasteiger partial charge in [0.05, 0.1) is 12.8 Å². The molecule has 5 heteroatoms. The molecule has 0 amide bonds. The van der Waals surface area contributed by atoms with E-state index in [4.69, 9.17) is 10.5 Å². The van der Waals surface area contributed by atoms with E-state index in [1.165, 1.54) is 12.1 Å². The summed E-state index contributed by atoms with van der Waals surface area (Å²) in [6.07, 6.45) is 2.48. The van der Waals surface area contributed by atoms with Crippen molar-refractivity contribution >= 4 is 5.82 Å². The Morgan fingerprint density at radius 3 is 2.55 bits per heavy atom. The maximum atomic E-state index is 13.0. The number of para-hydroxylation sites is 1. The van der Waals surface area contributed by atoms with Crippen molar-refractivity contribution in [3.05, 3.63) is 71.7 Å². The highest BCUT2D eigenvalue weighted by Gasteiger charge is 2.10. The second-order valence-electron chi connectivity index (χ2n) is 4.95. The molecule has 0 spiro atoms. The zero-order valence-corrected chi connectivity index (χ0v) is 12.2. The summed E-state index contributed by atoms with van der Waals surface area (Å²) in [5, 5.41) is 4.29. The van der Waals surface area contributed by atoms with Crippen LogP contribution in [0.25, 0.3) is 5.69 Å². The topological polar surface area (TPSA) is 53.1 Å². The van der Waals surface area contributed by atoms with Crippen LogP contribution in [0.3, 0.4) is 0 Å². The molecule has 22 heavy (non-hydrogen) atoms. The maximum Gasteiger partial charge on any atom is 0.149 e. The van der Waals surface area contributed by atoms with E-state index < -0.39 is 0 Å². The first-order chi connectivity index (χ1) is 10.7. The van der Waals surface area contributed by atoms with Gasteiger partial charge in [0.1, 0.15) is 17.4 Å². The fraction of sp³-hybridized carbons (Fsp3) is 0.118. The number of anilines is 1. The van der Waals surface area contributed by atoms with Crippen LogP contribution < -0.4 is 10.5 Å². The molecule has 0 radical (unpaired) electrons. The molecule has 0 fully saturated rings. The molecule has 0 aliphatic heterocycles. The van der Waals surface area contributed by atoms with Crippen molar-refractivity contribution in [2.45, 2.75) is 6.42 Å². The molecule has 0 atom stereocenters. The number of benzene rings is 2. The molecule has 1 aromatic heterocycles. The summed E-state index contributed by atoms with van der Waals surface area (Å²) in [6.45, 7) is 0. The largest absolute Gasteiger partial charge is 0.496 e. The Balaban J connectivity index is 1.91. The highest BCUT2D eigenvalue weighted by molar-refractivity contribution is 5.46. The lowest BCUT2D eigenvalue weighted by atomic mass is 10.1. The summed E-state index contributed by atoms with van der Waals surface area (Å²) in [5.41, 5.74) is 8.70. The third-order valence-electron chi connectivity index (χ3n) is 3.49. The van der Waals surface area contributed by atoms with Gasteiger partial charge in [-0.2, -0.15) is 5.10 Å².